The number of methoxy groups -OCH3 is 1. The second kappa shape index (κ2) is 9.06. The summed E-state index contributed by atoms with van der Waals surface area (Å²) in [4.78, 5) is 24.8. The van der Waals surface area contributed by atoms with Crippen molar-refractivity contribution in [2.75, 3.05) is 26.5 Å². The van der Waals surface area contributed by atoms with Crippen LogP contribution < -0.4 is 10.1 Å². The van der Waals surface area contributed by atoms with Gasteiger partial charge >= 0.3 is 5.97 Å². The molecular formula is C20H24N2O6S. The van der Waals surface area contributed by atoms with E-state index in [2.05, 4.69) is 5.32 Å². The van der Waals surface area contributed by atoms with E-state index in [4.69, 9.17) is 9.47 Å². The molecule has 0 aliphatic carbocycles. The van der Waals surface area contributed by atoms with Crippen molar-refractivity contribution in [3.63, 3.8) is 0 Å². The molecule has 9 heteroatoms. The van der Waals surface area contributed by atoms with Crippen molar-refractivity contribution in [2.24, 2.45) is 0 Å². The van der Waals surface area contributed by atoms with Gasteiger partial charge in [-0.1, -0.05) is 6.07 Å². The van der Waals surface area contributed by atoms with Gasteiger partial charge < -0.3 is 14.8 Å². The molecular weight excluding hydrogens is 396 g/mol. The number of rotatable bonds is 7. The van der Waals surface area contributed by atoms with E-state index in [1.807, 2.05) is 0 Å². The lowest BCUT2D eigenvalue weighted by Crippen LogP contribution is -2.30. The molecule has 0 radical (unpaired) electrons. The Morgan fingerprint density at radius 3 is 2.24 bits per heavy atom. The third kappa shape index (κ3) is 5.33. The van der Waals surface area contributed by atoms with Crippen LogP contribution >= 0.6 is 0 Å². The average molecular weight is 420 g/mol. The minimum absolute atomic E-state index is 0.0320. The van der Waals surface area contributed by atoms with Gasteiger partial charge in [0.15, 0.2) is 6.10 Å². The molecule has 1 atom stereocenters. The first-order chi connectivity index (χ1) is 13.6. The Kier molecular flexibility index (Phi) is 6.99. The fraction of sp³-hybridized carbons (Fsp3) is 0.300. The molecule has 2 rings (SSSR count). The first-order valence-electron chi connectivity index (χ1n) is 8.75. The minimum atomic E-state index is -3.70. The summed E-state index contributed by atoms with van der Waals surface area (Å²) in [7, 11) is 0.636. The van der Waals surface area contributed by atoms with Gasteiger partial charge in [0.05, 0.1) is 17.6 Å². The van der Waals surface area contributed by atoms with Gasteiger partial charge in [-0.3, -0.25) is 4.79 Å². The Balaban J connectivity index is 2.13. The Hall–Kier alpha value is -2.91. The van der Waals surface area contributed by atoms with E-state index in [9.17, 15) is 18.0 Å². The molecule has 0 fully saturated rings. The summed E-state index contributed by atoms with van der Waals surface area (Å²) in [6.45, 7) is 3.09. The number of carbonyl (C=O) groups excluding carboxylic acids is 2. The van der Waals surface area contributed by atoms with E-state index in [1.165, 1.54) is 46.3 Å². The van der Waals surface area contributed by atoms with Crippen molar-refractivity contribution in [1.29, 1.82) is 0 Å². The van der Waals surface area contributed by atoms with Crippen LogP contribution in [0.1, 0.15) is 22.8 Å². The van der Waals surface area contributed by atoms with E-state index in [1.54, 1.807) is 31.2 Å². The molecule has 0 bridgehead atoms. The number of sulfonamides is 1. The molecule has 1 amide bonds. The van der Waals surface area contributed by atoms with Gasteiger partial charge in [-0.25, -0.2) is 17.5 Å². The molecule has 1 N–H and O–H groups in total. The predicted molar refractivity (Wildman–Crippen MR) is 109 cm³/mol. The Morgan fingerprint density at radius 1 is 1.07 bits per heavy atom. The Bertz CT molecular complexity index is 1000. The highest BCUT2D eigenvalue weighted by Crippen LogP contribution is 2.20. The molecule has 0 heterocycles. The van der Waals surface area contributed by atoms with Crippen LogP contribution in [-0.2, 0) is 19.6 Å². The fourth-order valence-corrected chi connectivity index (χ4v) is 3.32. The van der Waals surface area contributed by atoms with E-state index in [0.717, 1.165) is 4.31 Å². The van der Waals surface area contributed by atoms with Crippen molar-refractivity contribution in [1.82, 2.24) is 4.31 Å². The van der Waals surface area contributed by atoms with Crippen LogP contribution in [0.25, 0.3) is 0 Å². The highest BCUT2D eigenvalue weighted by Gasteiger charge is 2.23. The number of hydrogen-bond donors (Lipinski definition) is 1. The summed E-state index contributed by atoms with van der Waals surface area (Å²) >= 11 is 0. The highest BCUT2D eigenvalue weighted by molar-refractivity contribution is 7.89. The zero-order valence-electron chi connectivity index (χ0n) is 16.9. The summed E-state index contributed by atoms with van der Waals surface area (Å²) in [6, 6.07) is 10.9. The molecule has 0 spiro atoms. The maximum atomic E-state index is 12.5. The average Bonchev–Trinajstić information content (AvgIpc) is 2.68. The Labute approximate surface area is 170 Å². The highest BCUT2D eigenvalue weighted by atomic mass is 32.2. The molecule has 0 aliphatic rings. The molecule has 0 saturated heterocycles. The molecule has 29 heavy (non-hydrogen) atoms. The third-order valence-corrected chi connectivity index (χ3v) is 6.03. The number of anilines is 1. The molecule has 156 valence electrons. The van der Waals surface area contributed by atoms with Crippen molar-refractivity contribution < 1.29 is 27.5 Å². The number of ether oxygens (including phenoxy) is 2. The monoisotopic (exact) mass is 420 g/mol. The van der Waals surface area contributed by atoms with E-state index in [-0.39, 0.29) is 10.5 Å². The molecule has 8 nitrogen and oxygen atoms in total. The zero-order chi connectivity index (χ0) is 21.8. The molecule has 0 saturated carbocycles. The number of esters is 1. The van der Waals surface area contributed by atoms with Gasteiger partial charge in [0.25, 0.3) is 5.91 Å². The van der Waals surface area contributed by atoms with Crippen LogP contribution in [0.4, 0.5) is 5.69 Å². The smallest absolute Gasteiger partial charge is 0.339 e. The number of nitrogens with one attached hydrogen (secondary N) is 1. The maximum absolute atomic E-state index is 12.5. The number of nitrogens with zero attached hydrogens (tertiary/aromatic N) is 1. The normalized spacial score (nSPS) is 12.3. The molecule has 2 aromatic carbocycles. The van der Waals surface area contributed by atoms with Gasteiger partial charge in [-0.2, -0.15) is 0 Å². The van der Waals surface area contributed by atoms with Crippen molar-refractivity contribution >= 4 is 27.6 Å². The number of aryl methyl sites for hydroxylation is 1. The maximum Gasteiger partial charge on any atom is 0.339 e. The zero-order valence-corrected chi connectivity index (χ0v) is 17.7. The van der Waals surface area contributed by atoms with Crippen molar-refractivity contribution in [2.45, 2.75) is 24.8 Å². The second-order valence-electron chi connectivity index (χ2n) is 6.53. The largest absolute Gasteiger partial charge is 0.497 e. The standard InChI is InChI=1S/C20H24N2O6S/c1-13-6-11-17(29(25,26)22(3)4)12-18(13)20(24)28-14(2)19(23)21-15-7-9-16(27-5)10-8-15/h6-12,14H,1-5H3,(H,21,23)/t14-/m1/s1. The number of carbonyl (C=O) groups is 2. The molecule has 2 aromatic rings. The van der Waals surface area contributed by atoms with Gasteiger partial charge in [-0.15, -0.1) is 0 Å². The lowest BCUT2D eigenvalue weighted by molar-refractivity contribution is -0.123. The summed E-state index contributed by atoms with van der Waals surface area (Å²) in [5.41, 5.74) is 1.14. The predicted octanol–water partition coefficient (Wildman–Crippen LogP) is 2.44. The third-order valence-electron chi connectivity index (χ3n) is 4.22. The summed E-state index contributed by atoms with van der Waals surface area (Å²) in [6.07, 6.45) is -1.09. The number of hydrogen-bond acceptors (Lipinski definition) is 6. The summed E-state index contributed by atoms with van der Waals surface area (Å²) in [5.74, 6) is -0.653. The van der Waals surface area contributed by atoms with Gasteiger partial charge in [0, 0.05) is 19.8 Å². The molecule has 0 aromatic heterocycles. The van der Waals surface area contributed by atoms with Gasteiger partial charge in [0.1, 0.15) is 5.75 Å². The lowest BCUT2D eigenvalue weighted by Gasteiger charge is -2.16. The lowest BCUT2D eigenvalue weighted by atomic mass is 10.1. The summed E-state index contributed by atoms with van der Waals surface area (Å²) < 4.78 is 35.9. The van der Waals surface area contributed by atoms with Crippen LogP contribution in [-0.4, -0.2) is 51.9 Å². The van der Waals surface area contributed by atoms with Crippen LogP contribution in [0.5, 0.6) is 5.75 Å². The second-order valence-corrected chi connectivity index (χ2v) is 8.68. The SMILES string of the molecule is COc1ccc(NC(=O)[C@@H](C)OC(=O)c2cc(S(=O)(=O)N(C)C)ccc2C)cc1. The molecule has 0 aliphatic heterocycles. The van der Waals surface area contributed by atoms with E-state index >= 15 is 0 Å². The van der Waals surface area contributed by atoms with Crippen molar-refractivity contribution in [3.05, 3.63) is 53.6 Å². The van der Waals surface area contributed by atoms with Crippen LogP contribution in [0.2, 0.25) is 0 Å². The van der Waals surface area contributed by atoms with E-state index in [0.29, 0.717) is 17.0 Å². The van der Waals surface area contributed by atoms with Crippen LogP contribution in [0.3, 0.4) is 0 Å². The summed E-state index contributed by atoms with van der Waals surface area (Å²) in [5, 5.41) is 2.64. The minimum Gasteiger partial charge on any atom is -0.497 e. The first-order valence-corrected chi connectivity index (χ1v) is 10.2. The van der Waals surface area contributed by atoms with Crippen LogP contribution in [0.15, 0.2) is 47.4 Å². The fourth-order valence-electron chi connectivity index (χ4n) is 2.39. The number of benzene rings is 2. The van der Waals surface area contributed by atoms with Gasteiger partial charge in [-0.05, 0) is 55.8 Å². The first kappa shape index (κ1) is 22.4. The Morgan fingerprint density at radius 2 is 1.69 bits per heavy atom. The van der Waals surface area contributed by atoms with Crippen LogP contribution in [0, 0.1) is 6.92 Å². The van der Waals surface area contributed by atoms with E-state index < -0.39 is 28.0 Å². The van der Waals surface area contributed by atoms with Crippen molar-refractivity contribution in [3.8, 4) is 5.75 Å². The number of amides is 1. The topological polar surface area (TPSA) is 102 Å². The van der Waals surface area contributed by atoms with Gasteiger partial charge in [0.2, 0.25) is 10.0 Å². The molecule has 0 unspecified atom stereocenters. The quantitative estimate of drug-likeness (QED) is 0.691.